The van der Waals surface area contributed by atoms with Crippen molar-refractivity contribution >= 4 is 11.9 Å². The summed E-state index contributed by atoms with van der Waals surface area (Å²) < 4.78 is 18.0. The first-order valence-corrected chi connectivity index (χ1v) is 5.68. The highest BCUT2D eigenvalue weighted by Crippen LogP contribution is 2.23. The number of aromatic nitrogens is 2. The van der Waals surface area contributed by atoms with E-state index in [1.807, 2.05) is 6.92 Å². The highest BCUT2D eigenvalue weighted by atomic mass is 19.1. The number of likely N-dealkylation sites (N-methyl/N-ethyl adjacent to an activating group) is 1. The van der Waals surface area contributed by atoms with Gasteiger partial charge in [0.25, 0.3) is 0 Å². The summed E-state index contributed by atoms with van der Waals surface area (Å²) in [7, 11) is 0. The highest BCUT2D eigenvalue weighted by molar-refractivity contribution is 5.72. The molecule has 0 aromatic carbocycles. The lowest BCUT2D eigenvalue weighted by molar-refractivity contribution is -0.141. The van der Waals surface area contributed by atoms with E-state index in [9.17, 15) is 9.18 Å². The van der Waals surface area contributed by atoms with Crippen LogP contribution in [0.5, 0.6) is 0 Å². The van der Waals surface area contributed by atoms with Crippen molar-refractivity contribution in [2.45, 2.75) is 13.0 Å². The van der Waals surface area contributed by atoms with E-state index in [0.717, 1.165) is 12.4 Å². The number of ether oxygens (including phenoxy) is 1. The fourth-order valence-corrected chi connectivity index (χ4v) is 2.06. The molecular weight excluding hydrogens is 241 g/mol. The van der Waals surface area contributed by atoms with Crippen molar-refractivity contribution in [1.29, 1.82) is 0 Å². The van der Waals surface area contributed by atoms with Gasteiger partial charge < -0.3 is 14.7 Å². The monoisotopic (exact) mass is 255 g/mol. The Balaban J connectivity index is 2.22. The minimum Gasteiger partial charge on any atom is -0.481 e. The van der Waals surface area contributed by atoms with Gasteiger partial charge in [0.05, 0.1) is 31.6 Å². The summed E-state index contributed by atoms with van der Waals surface area (Å²) in [6, 6.07) is -0.321. The number of hydrogen-bond acceptors (Lipinski definition) is 5. The molecule has 1 fully saturated rings. The zero-order chi connectivity index (χ0) is 13.1. The number of aliphatic carboxylic acids is 1. The molecule has 1 saturated heterocycles. The summed E-state index contributed by atoms with van der Waals surface area (Å²) in [5, 5.41) is 9.11. The van der Waals surface area contributed by atoms with Gasteiger partial charge in [-0.05, 0) is 6.92 Å². The van der Waals surface area contributed by atoms with Gasteiger partial charge in [0.2, 0.25) is 5.95 Å². The van der Waals surface area contributed by atoms with Crippen LogP contribution in [0.3, 0.4) is 0 Å². The van der Waals surface area contributed by atoms with Gasteiger partial charge in [-0.1, -0.05) is 0 Å². The predicted octanol–water partition coefficient (Wildman–Crippen LogP) is 0.542. The van der Waals surface area contributed by atoms with Crippen LogP contribution in [0.4, 0.5) is 10.3 Å². The fraction of sp³-hybridized carbons (Fsp3) is 0.545. The Labute approximate surface area is 103 Å². The normalized spacial score (nSPS) is 23.0. The Hall–Kier alpha value is -1.76. The summed E-state index contributed by atoms with van der Waals surface area (Å²) in [6.07, 6.45) is 2.13. The third-order valence-corrected chi connectivity index (χ3v) is 2.97. The van der Waals surface area contributed by atoms with Crippen molar-refractivity contribution in [2.24, 2.45) is 5.92 Å². The molecule has 2 rings (SSSR count). The molecule has 1 N–H and O–H groups in total. The molecule has 1 aromatic heterocycles. The number of anilines is 1. The van der Waals surface area contributed by atoms with Crippen molar-refractivity contribution in [3.63, 3.8) is 0 Å². The molecule has 0 aliphatic carbocycles. The zero-order valence-corrected chi connectivity index (χ0v) is 9.91. The molecule has 6 nitrogen and oxygen atoms in total. The third kappa shape index (κ3) is 2.40. The van der Waals surface area contributed by atoms with Crippen LogP contribution in [0.25, 0.3) is 0 Å². The van der Waals surface area contributed by atoms with E-state index < -0.39 is 17.7 Å². The quantitative estimate of drug-likeness (QED) is 0.846. The van der Waals surface area contributed by atoms with Crippen LogP contribution in [0.15, 0.2) is 12.4 Å². The molecule has 2 heterocycles. The number of carboxylic acids is 1. The van der Waals surface area contributed by atoms with E-state index in [1.54, 1.807) is 4.90 Å². The molecule has 1 aliphatic heterocycles. The number of rotatable bonds is 4. The molecule has 0 radical (unpaired) electrons. The summed E-state index contributed by atoms with van der Waals surface area (Å²) in [4.78, 5) is 20.6. The second-order valence-electron chi connectivity index (χ2n) is 4.04. The number of hydrogen-bond donors (Lipinski definition) is 1. The Morgan fingerprint density at radius 1 is 1.56 bits per heavy atom. The molecule has 18 heavy (non-hydrogen) atoms. The Kier molecular flexibility index (Phi) is 3.71. The second-order valence-corrected chi connectivity index (χ2v) is 4.04. The summed E-state index contributed by atoms with van der Waals surface area (Å²) in [6.45, 7) is 2.89. The van der Waals surface area contributed by atoms with Crippen LogP contribution >= 0.6 is 0 Å². The molecule has 7 heteroatoms. The van der Waals surface area contributed by atoms with Gasteiger partial charge in [-0.2, -0.15) is 0 Å². The lowest BCUT2D eigenvalue weighted by Gasteiger charge is -2.29. The highest BCUT2D eigenvalue weighted by Gasteiger charge is 2.38. The molecule has 0 bridgehead atoms. The average Bonchev–Trinajstić information content (AvgIpc) is 2.82. The minimum atomic E-state index is -0.905. The topological polar surface area (TPSA) is 75.5 Å². The van der Waals surface area contributed by atoms with Gasteiger partial charge in [0.15, 0.2) is 5.82 Å². The van der Waals surface area contributed by atoms with Gasteiger partial charge in [-0.25, -0.2) is 14.4 Å². The molecule has 1 aromatic rings. The lowest BCUT2D eigenvalue weighted by atomic mass is 10.0. The molecule has 0 amide bonds. The summed E-state index contributed by atoms with van der Waals surface area (Å²) >= 11 is 0. The standard InChI is InChI=1S/C11H14FN3O3/c1-2-15(11-13-3-7(12)4-14-11)9-6-18-5-8(9)10(16)17/h3-4,8-9H,2,5-6H2,1H3,(H,16,17). The largest absolute Gasteiger partial charge is 0.481 e. The summed E-state index contributed by atoms with van der Waals surface area (Å²) in [5.74, 6) is -1.72. The first kappa shape index (κ1) is 12.7. The molecule has 2 unspecified atom stereocenters. The van der Waals surface area contributed by atoms with Crippen molar-refractivity contribution in [3.05, 3.63) is 18.2 Å². The molecular formula is C11H14FN3O3. The summed E-state index contributed by atoms with van der Waals surface area (Å²) in [5.41, 5.74) is 0. The lowest BCUT2D eigenvalue weighted by Crippen LogP contribution is -2.44. The number of halogens is 1. The maximum Gasteiger partial charge on any atom is 0.311 e. The van der Waals surface area contributed by atoms with Crippen LogP contribution in [0, 0.1) is 11.7 Å². The predicted molar refractivity (Wildman–Crippen MR) is 60.7 cm³/mol. The van der Waals surface area contributed by atoms with Crippen molar-refractivity contribution < 1.29 is 19.0 Å². The van der Waals surface area contributed by atoms with E-state index >= 15 is 0 Å². The smallest absolute Gasteiger partial charge is 0.311 e. The van der Waals surface area contributed by atoms with Crippen LogP contribution in [-0.4, -0.2) is 46.8 Å². The van der Waals surface area contributed by atoms with Crippen molar-refractivity contribution in [2.75, 3.05) is 24.7 Å². The van der Waals surface area contributed by atoms with Gasteiger partial charge in [-0.15, -0.1) is 0 Å². The van der Waals surface area contributed by atoms with Crippen molar-refractivity contribution in [1.82, 2.24) is 9.97 Å². The van der Waals surface area contributed by atoms with E-state index in [0.29, 0.717) is 19.1 Å². The molecule has 0 spiro atoms. The molecule has 98 valence electrons. The van der Waals surface area contributed by atoms with Gasteiger partial charge in [0, 0.05) is 6.54 Å². The molecule has 2 atom stereocenters. The maximum absolute atomic E-state index is 12.8. The first-order chi connectivity index (χ1) is 8.63. The van der Waals surface area contributed by atoms with Gasteiger partial charge in [-0.3, -0.25) is 4.79 Å². The van der Waals surface area contributed by atoms with Crippen molar-refractivity contribution in [3.8, 4) is 0 Å². The Morgan fingerprint density at radius 3 is 2.78 bits per heavy atom. The maximum atomic E-state index is 12.8. The average molecular weight is 255 g/mol. The van der Waals surface area contributed by atoms with E-state index in [1.165, 1.54) is 0 Å². The van der Waals surface area contributed by atoms with Gasteiger partial charge in [0.1, 0.15) is 5.92 Å². The van der Waals surface area contributed by atoms with Crippen LogP contribution < -0.4 is 4.90 Å². The zero-order valence-electron chi connectivity index (χ0n) is 9.91. The van der Waals surface area contributed by atoms with Crippen LogP contribution in [0.1, 0.15) is 6.92 Å². The second kappa shape index (κ2) is 5.26. The molecule has 0 saturated carbocycles. The molecule has 1 aliphatic rings. The Bertz CT molecular complexity index is 426. The minimum absolute atomic E-state index is 0.178. The first-order valence-electron chi connectivity index (χ1n) is 5.68. The fourth-order valence-electron chi connectivity index (χ4n) is 2.06. The van der Waals surface area contributed by atoms with Crippen LogP contribution in [-0.2, 0) is 9.53 Å². The number of carbonyl (C=O) groups is 1. The SMILES string of the molecule is CCN(c1ncc(F)cn1)C1COCC1C(=O)O. The van der Waals surface area contributed by atoms with E-state index in [4.69, 9.17) is 9.84 Å². The number of nitrogens with zero attached hydrogens (tertiary/aromatic N) is 3. The van der Waals surface area contributed by atoms with E-state index in [-0.39, 0.29) is 12.6 Å². The number of carboxylic acid groups (broad SMARTS) is 1. The third-order valence-electron chi connectivity index (χ3n) is 2.97. The van der Waals surface area contributed by atoms with Crippen LogP contribution in [0.2, 0.25) is 0 Å². The Morgan fingerprint density at radius 2 is 2.22 bits per heavy atom. The van der Waals surface area contributed by atoms with Gasteiger partial charge >= 0.3 is 5.97 Å². The van der Waals surface area contributed by atoms with E-state index in [2.05, 4.69) is 9.97 Å².